The molecule has 3 aromatic rings. The van der Waals surface area contributed by atoms with Crippen LogP contribution in [-0.4, -0.2) is 36.3 Å². The number of carbonyl (C=O) groups excluding carboxylic acids is 1. The lowest BCUT2D eigenvalue weighted by Crippen LogP contribution is -2.39. The Balaban J connectivity index is 1.74. The summed E-state index contributed by atoms with van der Waals surface area (Å²) < 4.78 is 28.2. The Bertz CT molecular complexity index is 1250. The maximum absolute atomic E-state index is 13.2. The standard InChI is InChI=1S/C22H19BrN4O5S/c23-19-10-6-18(7-11-19)15-26(33(31,32)21-4-2-1-3-5-21)16-22(28)25-24-14-17-8-12-20(13-9-17)27(29)30/h1-14H,15-16H2,(H,25,28)/b24-14-. The van der Waals surface area contributed by atoms with Crippen molar-refractivity contribution in [3.63, 3.8) is 0 Å². The maximum Gasteiger partial charge on any atom is 0.269 e. The SMILES string of the molecule is O=C(CN(Cc1ccc(Br)cc1)S(=O)(=O)c1ccccc1)N/N=C\c1ccc([N+](=O)[O-])cc1. The zero-order chi connectivity index (χ0) is 23.8. The van der Waals surface area contributed by atoms with Crippen LogP contribution in [0.3, 0.4) is 0 Å². The molecule has 1 N–H and O–H groups in total. The zero-order valence-electron chi connectivity index (χ0n) is 17.2. The van der Waals surface area contributed by atoms with Crippen LogP contribution in [0.4, 0.5) is 5.69 Å². The van der Waals surface area contributed by atoms with Gasteiger partial charge in [0, 0.05) is 23.2 Å². The summed E-state index contributed by atoms with van der Waals surface area (Å²) in [4.78, 5) is 22.7. The molecule has 33 heavy (non-hydrogen) atoms. The van der Waals surface area contributed by atoms with Crippen molar-refractivity contribution in [3.8, 4) is 0 Å². The summed E-state index contributed by atoms with van der Waals surface area (Å²) >= 11 is 3.34. The van der Waals surface area contributed by atoms with Crippen molar-refractivity contribution in [2.75, 3.05) is 6.54 Å². The number of sulfonamides is 1. The van der Waals surface area contributed by atoms with Crippen LogP contribution in [-0.2, 0) is 21.4 Å². The number of hydrazone groups is 1. The molecule has 9 nitrogen and oxygen atoms in total. The Morgan fingerprint density at radius 2 is 1.67 bits per heavy atom. The smallest absolute Gasteiger partial charge is 0.269 e. The minimum absolute atomic E-state index is 0.00993. The topological polar surface area (TPSA) is 122 Å². The molecule has 11 heteroatoms. The van der Waals surface area contributed by atoms with E-state index in [1.54, 1.807) is 42.5 Å². The van der Waals surface area contributed by atoms with Crippen LogP contribution < -0.4 is 5.43 Å². The molecular weight excluding hydrogens is 512 g/mol. The van der Waals surface area contributed by atoms with Gasteiger partial charge in [-0.05, 0) is 47.5 Å². The monoisotopic (exact) mass is 530 g/mol. The Morgan fingerprint density at radius 3 is 2.27 bits per heavy atom. The average Bonchev–Trinajstić information content (AvgIpc) is 2.81. The molecule has 0 bridgehead atoms. The molecule has 0 aromatic heterocycles. The number of nitro groups is 1. The minimum Gasteiger partial charge on any atom is -0.272 e. The van der Waals surface area contributed by atoms with Crippen molar-refractivity contribution in [3.05, 3.63) is 105 Å². The highest BCUT2D eigenvalue weighted by Gasteiger charge is 2.26. The van der Waals surface area contributed by atoms with E-state index in [1.165, 1.54) is 42.6 Å². The van der Waals surface area contributed by atoms with Gasteiger partial charge in [-0.1, -0.05) is 46.3 Å². The van der Waals surface area contributed by atoms with Crippen LogP contribution in [0, 0.1) is 10.1 Å². The number of hydrogen-bond acceptors (Lipinski definition) is 6. The highest BCUT2D eigenvalue weighted by Crippen LogP contribution is 2.19. The number of nitro benzene ring substituents is 1. The fourth-order valence-electron chi connectivity index (χ4n) is 2.82. The van der Waals surface area contributed by atoms with Crippen molar-refractivity contribution < 1.29 is 18.1 Å². The zero-order valence-corrected chi connectivity index (χ0v) is 19.6. The Hall–Kier alpha value is -3.41. The molecule has 0 aliphatic carbocycles. The van der Waals surface area contributed by atoms with E-state index in [1.807, 2.05) is 0 Å². The summed E-state index contributed by atoms with van der Waals surface area (Å²) in [5, 5.41) is 14.5. The molecule has 0 aliphatic heterocycles. The summed E-state index contributed by atoms with van der Waals surface area (Å²) in [7, 11) is -3.95. The van der Waals surface area contributed by atoms with Gasteiger partial charge in [0.15, 0.2) is 0 Å². The lowest BCUT2D eigenvalue weighted by molar-refractivity contribution is -0.384. The van der Waals surface area contributed by atoms with Crippen molar-refractivity contribution in [2.45, 2.75) is 11.4 Å². The first kappa shape index (κ1) is 24.2. The molecule has 0 saturated carbocycles. The summed E-state index contributed by atoms with van der Waals surface area (Å²) in [6.45, 7) is -0.463. The van der Waals surface area contributed by atoms with Crippen LogP contribution in [0.15, 0.2) is 93.3 Å². The second-order valence-corrected chi connectivity index (χ2v) is 9.71. The molecule has 3 rings (SSSR count). The second kappa shape index (κ2) is 10.9. The molecule has 0 aliphatic rings. The van der Waals surface area contributed by atoms with Gasteiger partial charge in [-0.3, -0.25) is 14.9 Å². The van der Waals surface area contributed by atoms with Crippen LogP contribution in [0.25, 0.3) is 0 Å². The van der Waals surface area contributed by atoms with E-state index in [9.17, 15) is 23.3 Å². The van der Waals surface area contributed by atoms with Gasteiger partial charge in [-0.2, -0.15) is 9.41 Å². The molecular formula is C22H19BrN4O5S. The highest BCUT2D eigenvalue weighted by molar-refractivity contribution is 9.10. The number of hydrogen-bond donors (Lipinski definition) is 1. The minimum atomic E-state index is -3.95. The molecule has 0 fully saturated rings. The van der Waals surface area contributed by atoms with Gasteiger partial charge in [0.1, 0.15) is 0 Å². The summed E-state index contributed by atoms with van der Waals surface area (Å²) in [6, 6.07) is 20.6. The number of amides is 1. The lowest BCUT2D eigenvalue weighted by atomic mass is 10.2. The van der Waals surface area contributed by atoms with Crippen LogP contribution in [0.1, 0.15) is 11.1 Å². The molecule has 0 spiro atoms. The van der Waals surface area contributed by atoms with Gasteiger partial charge >= 0.3 is 0 Å². The number of non-ortho nitro benzene ring substituents is 1. The van der Waals surface area contributed by atoms with Crippen LogP contribution in [0.2, 0.25) is 0 Å². The van der Waals surface area contributed by atoms with E-state index in [-0.39, 0.29) is 17.1 Å². The Morgan fingerprint density at radius 1 is 1.03 bits per heavy atom. The van der Waals surface area contributed by atoms with E-state index in [2.05, 4.69) is 26.5 Å². The highest BCUT2D eigenvalue weighted by atomic mass is 79.9. The number of halogens is 1. The van der Waals surface area contributed by atoms with Gasteiger partial charge < -0.3 is 0 Å². The van der Waals surface area contributed by atoms with Crippen molar-refractivity contribution in [1.29, 1.82) is 0 Å². The maximum atomic E-state index is 13.2. The van der Waals surface area contributed by atoms with Gasteiger partial charge in [-0.15, -0.1) is 0 Å². The fourth-order valence-corrected chi connectivity index (χ4v) is 4.49. The number of rotatable bonds is 9. The third-order valence-corrected chi connectivity index (χ3v) is 6.81. The van der Waals surface area contributed by atoms with Crippen LogP contribution in [0.5, 0.6) is 0 Å². The van der Waals surface area contributed by atoms with Crippen molar-refractivity contribution in [2.24, 2.45) is 5.10 Å². The first-order valence-corrected chi connectivity index (χ1v) is 11.8. The molecule has 1 amide bonds. The third-order valence-electron chi connectivity index (χ3n) is 4.48. The first-order chi connectivity index (χ1) is 15.8. The van der Waals surface area contributed by atoms with E-state index in [0.717, 1.165) is 8.78 Å². The number of benzene rings is 3. The van der Waals surface area contributed by atoms with Gasteiger partial charge in [0.25, 0.3) is 11.6 Å². The van der Waals surface area contributed by atoms with E-state index in [4.69, 9.17) is 0 Å². The predicted molar refractivity (Wildman–Crippen MR) is 127 cm³/mol. The van der Waals surface area contributed by atoms with Gasteiger partial charge in [0.05, 0.1) is 22.6 Å². The Labute approximate surface area is 199 Å². The molecule has 3 aromatic carbocycles. The van der Waals surface area contributed by atoms with Crippen molar-refractivity contribution in [1.82, 2.24) is 9.73 Å². The molecule has 0 saturated heterocycles. The normalized spacial score (nSPS) is 11.6. The molecule has 170 valence electrons. The molecule has 0 heterocycles. The Kier molecular flexibility index (Phi) is 8.04. The number of nitrogens with one attached hydrogen (secondary N) is 1. The predicted octanol–water partition coefficient (Wildman–Crippen LogP) is 3.70. The second-order valence-electron chi connectivity index (χ2n) is 6.85. The van der Waals surface area contributed by atoms with Gasteiger partial charge in [0.2, 0.25) is 10.0 Å². The summed E-state index contributed by atoms with van der Waals surface area (Å²) in [6.07, 6.45) is 1.31. The third kappa shape index (κ3) is 6.78. The molecule has 0 radical (unpaired) electrons. The molecule has 0 atom stereocenters. The fraction of sp³-hybridized carbons (Fsp3) is 0.0909. The van der Waals surface area contributed by atoms with Crippen LogP contribution >= 0.6 is 15.9 Å². The van der Waals surface area contributed by atoms with E-state index >= 15 is 0 Å². The first-order valence-electron chi connectivity index (χ1n) is 9.62. The van der Waals surface area contributed by atoms with Gasteiger partial charge in [-0.25, -0.2) is 13.8 Å². The summed E-state index contributed by atoms with van der Waals surface area (Å²) in [5.74, 6) is -0.634. The van der Waals surface area contributed by atoms with Crippen molar-refractivity contribution >= 4 is 43.8 Å². The number of nitrogens with zero attached hydrogens (tertiary/aromatic N) is 3. The van der Waals surface area contributed by atoms with E-state index < -0.39 is 27.4 Å². The van der Waals surface area contributed by atoms with E-state index in [0.29, 0.717) is 11.1 Å². The average molecular weight is 531 g/mol. The quantitative estimate of drug-likeness (QED) is 0.256. The lowest BCUT2D eigenvalue weighted by Gasteiger charge is -2.21. The largest absolute Gasteiger partial charge is 0.272 e. The number of carbonyl (C=O) groups is 1. The summed E-state index contributed by atoms with van der Waals surface area (Å²) in [5.41, 5.74) is 3.48. The molecule has 0 unspecified atom stereocenters.